The van der Waals surface area contributed by atoms with E-state index in [1.807, 2.05) is 0 Å². The van der Waals surface area contributed by atoms with Crippen LogP contribution in [0.25, 0.3) is 0 Å². The molecular formula is C11H15N3O2S. The number of hydrogen-bond donors (Lipinski definition) is 1. The lowest BCUT2D eigenvalue weighted by atomic mass is 10.0. The van der Waals surface area contributed by atoms with E-state index in [-0.39, 0.29) is 4.99 Å². The van der Waals surface area contributed by atoms with Gasteiger partial charge in [-0.05, 0) is 18.8 Å². The molecule has 1 aromatic heterocycles. The molecule has 0 radical (unpaired) electrons. The molecule has 0 aromatic carbocycles. The number of aromatic nitrogens is 2. The first-order valence-electron chi connectivity index (χ1n) is 5.58. The standard InChI is InChI=1S/C11H15N3O2S/c12-11(17)9-5-14-10(6-13-9)16-7-8-1-3-15-4-2-8/h5-6,8H,1-4,7H2,(H2,12,17). The van der Waals surface area contributed by atoms with Crippen molar-refractivity contribution < 1.29 is 9.47 Å². The molecule has 2 heterocycles. The van der Waals surface area contributed by atoms with Crippen molar-refractivity contribution in [1.29, 1.82) is 0 Å². The molecule has 0 atom stereocenters. The van der Waals surface area contributed by atoms with Crippen molar-refractivity contribution in [2.45, 2.75) is 12.8 Å². The van der Waals surface area contributed by atoms with Crippen LogP contribution in [-0.4, -0.2) is 34.8 Å². The Morgan fingerprint density at radius 2 is 2.18 bits per heavy atom. The molecular weight excluding hydrogens is 238 g/mol. The number of thiocarbonyl (C=S) groups is 1. The van der Waals surface area contributed by atoms with Crippen LogP contribution >= 0.6 is 12.2 Å². The van der Waals surface area contributed by atoms with Crippen LogP contribution in [0.4, 0.5) is 0 Å². The van der Waals surface area contributed by atoms with Gasteiger partial charge in [0.25, 0.3) is 0 Å². The Morgan fingerprint density at radius 3 is 2.76 bits per heavy atom. The molecule has 1 aliphatic rings. The molecule has 1 fully saturated rings. The van der Waals surface area contributed by atoms with Crippen molar-refractivity contribution in [3.63, 3.8) is 0 Å². The van der Waals surface area contributed by atoms with E-state index in [4.69, 9.17) is 27.4 Å². The number of rotatable bonds is 4. The van der Waals surface area contributed by atoms with Gasteiger partial charge in [0.05, 0.1) is 19.0 Å². The molecule has 92 valence electrons. The molecule has 2 rings (SSSR count). The maximum Gasteiger partial charge on any atom is 0.232 e. The lowest BCUT2D eigenvalue weighted by Crippen LogP contribution is -2.21. The second-order valence-corrected chi connectivity index (χ2v) is 4.41. The van der Waals surface area contributed by atoms with Crippen LogP contribution in [-0.2, 0) is 4.74 Å². The molecule has 1 aromatic rings. The van der Waals surface area contributed by atoms with E-state index in [1.165, 1.54) is 6.20 Å². The zero-order chi connectivity index (χ0) is 12.1. The fraction of sp³-hybridized carbons (Fsp3) is 0.545. The van der Waals surface area contributed by atoms with Gasteiger partial charge in [0.15, 0.2) is 0 Å². The summed E-state index contributed by atoms with van der Waals surface area (Å²) in [5.74, 6) is 1.05. The van der Waals surface area contributed by atoms with Crippen molar-refractivity contribution >= 4 is 17.2 Å². The maximum atomic E-state index is 5.57. The highest BCUT2D eigenvalue weighted by atomic mass is 32.1. The summed E-state index contributed by atoms with van der Waals surface area (Å²) in [5, 5.41) is 0. The zero-order valence-corrected chi connectivity index (χ0v) is 10.3. The van der Waals surface area contributed by atoms with Gasteiger partial charge in [0, 0.05) is 13.2 Å². The van der Waals surface area contributed by atoms with E-state index in [0.717, 1.165) is 26.1 Å². The van der Waals surface area contributed by atoms with E-state index in [2.05, 4.69) is 9.97 Å². The highest BCUT2D eigenvalue weighted by molar-refractivity contribution is 7.80. The molecule has 0 bridgehead atoms. The first-order chi connectivity index (χ1) is 8.25. The number of ether oxygens (including phenoxy) is 2. The van der Waals surface area contributed by atoms with Gasteiger partial charge in [0.1, 0.15) is 10.7 Å². The molecule has 0 spiro atoms. The Kier molecular flexibility index (Phi) is 4.22. The van der Waals surface area contributed by atoms with Crippen molar-refractivity contribution in [1.82, 2.24) is 9.97 Å². The predicted octanol–water partition coefficient (Wildman–Crippen LogP) is 0.916. The van der Waals surface area contributed by atoms with Gasteiger partial charge in [-0.25, -0.2) is 9.97 Å². The quantitative estimate of drug-likeness (QED) is 0.804. The van der Waals surface area contributed by atoms with E-state index in [0.29, 0.717) is 24.1 Å². The number of nitrogens with zero attached hydrogens (tertiary/aromatic N) is 2. The Balaban J connectivity index is 1.84. The van der Waals surface area contributed by atoms with Crippen LogP contribution in [0.5, 0.6) is 5.88 Å². The summed E-state index contributed by atoms with van der Waals surface area (Å²) in [5.41, 5.74) is 5.94. The molecule has 17 heavy (non-hydrogen) atoms. The second kappa shape index (κ2) is 5.88. The van der Waals surface area contributed by atoms with Crippen molar-refractivity contribution in [3.8, 4) is 5.88 Å². The van der Waals surface area contributed by atoms with Gasteiger partial charge >= 0.3 is 0 Å². The van der Waals surface area contributed by atoms with Crippen LogP contribution < -0.4 is 10.5 Å². The highest BCUT2D eigenvalue weighted by Crippen LogP contribution is 2.16. The molecule has 1 aliphatic heterocycles. The number of nitrogens with two attached hydrogens (primary N) is 1. The normalized spacial score (nSPS) is 16.7. The minimum Gasteiger partial charge on any atom is -0.476 e. The van der Waals surface area contributed by atoms with Gasteiger partial charge < -0.3 is 15.2 Å². The molecule has 0 amide bonds. The maximum absolute atomic E-state index is 5.57. The molecule has 1 saturated heterocycles. The first-order valence-corrected chi connectivity index (χ1v) is 5.99. The summed E-state index contributed by atoms with van der Waals surface area (Å²) in [6.07, 6.45) is 5.16. The highest BCUT2D eigenvalue weighted by Gasteiger charge is 2.14. The van der Waals surface area contributed by atoms with E-state index < -0.39 is 0 Å². The Morgan fingerprint density at radius 1 is 1.41 bits per heavy atom. The summed E-state index contributed by atoms with van der Waals surface area (Å²) >= 11 is 4.79. The summed E-state index contributed by atoms with van der Waals surface area (Å²) in [6, 6.07) is 0. The average molecular weight is 253 g/mol. The first kappa shape index (κ1) is 12.2. The van der Waals surface area contributed by atoms with Crippen molar-refractivity contribution in [3.05, 3.63) is 18.1 Å². The van der Waals surface area contributed by atoms with Crippen LogP contribution in [0.1, 0.15) is 18.5 Å². The van der Waals surface area contributed by atoms with Gasteiger partial charge in [-0.1, -0.05) is 12.2 Å². The average Bonchev–Trinajstić information content (AvgIpc) is 2.38. The minimum absolute atomic E-state index is 0.244. The lowest BCUT2D eigenvalue weighted by molar-refractivity contribution is 0.0490. The molecule has 2 N–H and O–H groups in total. The number of hydrogen-bond acceptors (Lipinski definition) is 5. The Bertz CT molecular complexity index is 377. The molecule has 6 heteroatoms. The van der Waals surface area contributed by atoms with Crippen LogP contribution in [0.3, 0.4) is 0 Å². The SMILES string of the molecule is NC(=S)c1cnc(OCC2CCOCC2)cn1. The van der Waals surface area contributed by atoms with E-state index in [1.54, 1.807) is 6.20 Å². The third-order valence-electron chi connectivity index (χ3n) is 2.69. The van der Waals surface area contributed by atoms with Crippen molar-refractivity contribution in [2.24, 2.45) is 11.7 Å². The van der Waals surface area contributed by atoms with Crippen LogP contribution in [0.15, 0.2) is 12.4 Å². The van der Waals surface area contributed by atoms with Gasteiger partial charge in [-0.2, -0.15) is 0 Å². The Labute approximate surface area is 105 Å². The largest absolute Gasteiger partial charge is 0.476 e. The van der Waals surface area contributed by atoms with Gasteiger partial charge in [-0.3, -0.25) is 0 Å². The second-order valence-electron chi connectivity index (χ2n) is 3.97. The smallest absolute Gasteiger partial charge is 0.232 e. The van der Waals surface area contributed by atoms with Crippen LogP contribution in [0.2, 0.25) is 0 Å². The third-order valence-corrected chi connectivity index (χ3v) is 2.90. The summed E-state index contributed by atoms with van der Waals surface area (Å²) in [4.78, 5) is 8.41. The van der Waals surface area contributed by atoms with E-state index >= 15 is 0 Å². The summed E-state index contributed by atoms with van der Waals surface area (Å²) in [6.45, 7) is 2.30. The molecule has 5 nitrogen and oxygen atoms in total. The fourth-order valence-electron chi connectivity index (χ4n) is 1.63. The molecule has 0 saturated carbocycles. The van der Waals surface area contributed by atoms with Crippen molar-refractivity contribution in [2.75, 3.05) is 19.8 Å². The van der Waals surface area contributed by atoms with Gasteiger partial charge in [0.2, 0.25) is 5.88 Å². The Hall–Kier alpha value is -1.27. The third kappa shape index (κ3) is 3.61. The predicted molar refractivity (Wildman–Crippen MR) is 67.0 cm³/mol. The van der Waals surface area contributed by atoms with Crippen LogP contribution in [0, 0.1) is 5.92 Å². The molecule has 0 unspecified atom stereocenters. The molecule has 0 aliphatic carbocycles. The zero-order valence-electron chi connectivity index (χ0n) is 9.46. The van der Waals surface area contributed by atoms with Gasteiger partial charge in [-0.15, -0.1) is 0 Å². The monoisotopic (exact) mass is 253 g/mol. The minimum atomic E-state index is 0.244. The van der Waals surface area contributed by atoms with E-state index in [9.17, 15) is 0 Å². The summed E-state index contributed by atoms with van der Waals surface area (Å²) < 4.78 is 10.8. The fourth-order valence-corrected chi connectivity index (χ4v) is 1.74. The summed E-state index contributed by atoms with van der Waals surface area (Å²) in [7, 11) is 0. The topological polar surface area (TPSA) is 70.3 Å². The lowest BCUT2D eigenvalue weighted by Gasteiger charge is -2.21.